The first kappa shape index (κ1) is 25.4. The Bertz CT molecular complexity index is 1120. The SMILES string of the molecule is COc1cc(CCNC(=O)CC2(c3oc(C)cc(=O)c3O)CCSCC2)c([N+](=O)[O-])cc1OC. The van der Waals surface area contributed by atoms with E-state index in [2.05, 4.69) is 5.32 Å². The molecule has 1 aromatic heterocycles. The molecule has 0 aliphatic carbocycles. The van der Waals surface area contributed by atoms with Crippen molar-refractivity contribution in [1.29, 1.82) is 0 Å². The fourth-order valence-electron chi connectivity index (χ4n) is 4.20. The molecule has 0 spiro atoms. The predicted octanol–water partition coefficient (Wildman–Crippen LogP) is 3.09. The largest absolute Gasteiger partial charge is 0.502 e. The number of benzene rings is 1. The summed E-state index contributed by atoms with van der Waals surface area (Å²) in [7, 11) is 2.84. The number of carbonyl (C=O) groups excluding carboxylic acids is 1. The van der Waals surface area contributed by atoms with Gasteiger partial charge in [0, 0.05) is 30.0 Å². The Hall–Kier alpha value is -3.21. The quantitative estimate of drug-likeness (QED) is 0.399. The van der Waals surface area contributed by atoms with Gasteiger partial charge in [-0.3, -0.25) is 19.7 Å². The fraction of sp³-hybridized carbons (Fsp3) is 0.478. The van der Waals surface area contributed by atoms with Crippen LogP contribution in [0.15, 0.2) is 27.4 Å². The van der Waals surface area contributed by atoms with Crippen LogP contribution in [0.5, 0.6) is 17.2 Å². The molecule has 2 aromatic rings. The zero-order valence-corrected chi connectivity index (χ0v) is 20.2. The molecule has 11 heteroatoms. The van der Waals surface area contributed by atoms with Crippen molar-refractivity contribution in [1.82, 2.24) is 5.32 Å². The highest BCUT2D eigenvalue weighted by Gasteiger charge is 2.41. The van der Waals surface area contributed by atoms with Gasteiger partial charge in [-0.1, -0.05) is 0 Å². The number of methoxy groups -OCH3 is 2. The van der Waals surface area contributed by atoms with Gasteiger partial charge in [-0.15, -0.1) is 0 Å². The van der Waals surface area contributed by atoms with Crippen molar-refractivity contribution in [3.05, 3.63) is 55.6 Å². The van der Waals surface area contributed by atoms with Crippen LogP contribution in [0, 0.1) is 17.0 Å². The number of nitrogens with zero attached hydrogens (tertiary/aromatic N) is 1. The van der Waals surface area contributed by atoms with E-state index in [1.807, 2.05) is 0 Å². The molecular weight excluding hydrogens is 464 g/mol. The number of nitro benzene ring substituents is 1. The summed E-state index contributed by atoms with van der Waals surface area (Å²) in [6.07, 6.45) is 1.38. The third kappa shape index (κ3) is 5.46. The molecule has 1 aliphatic rings. The number of nitrogens with one attached hydrogen (secondary N) is 1. The second kappa shape index (κ2) is 10.8. The van der Waals surface area contributed by atoms with E-state index in [4.69, 9.17) is 13.9 Å². The standard InChI is InChI=1S/C23H28N2O8S/c1-14-10-17(26)21(28)22(33-14)23(5-8-34-9-6-23)13-20(27)24-7-4-15-11-18(31-2)19(32-3)12-16(15)25(29)30/h10-12,28H,4-9,13H2,1-3H3,(H,24,27). The van der Waals surface area contributed by atoms with Gasteiger partial charge >= 0.3 is 0 Å². The minimum atomic E-state index is -0.792. The number of rotatable bonds is 9. The summed E-state index contributed by atoms with van der Waals surface area (Å²) in [5, 5.41) is 24.7. The molecule has 10 nitrogen and oxygen atoms in total. The minimum Gasteiger partial charge on any atom is -0.502 e. The van der Waals surface area contributed by atoms with Gasteiger partial charge in [0.15, 0.2) is 17.3 Å². The van der Waals surface area contributed by atoms with Crippen LogP contribution in [-0.4, -0.2) is 48.2 Å². The molecular formula is C23H28N2O8S. The average molecular weight is 493 g/mol. The van der Waals surface area contributed by atoms with Gasteiger partial charge in [-0.25, -0.2) is 0 Å². The van der Waals surface area contributed by atoms with Crippen molar-refractivity contribution in [3.8, 4) is 17.2 Å². The van der Waals surface area contributed by atoms with Gasteiger partial charge in [0.25, 0.3) is 5.69 Å². The maximum absolute atomic E-state index is 12.9. The monoisotopic (exact) mass is 492 g/mol. The molecule has 1 amide bonds. The lowest BCUT2D eigenvalue weighted by Gasteiger charge is -2.35. The summed E-state index contributed by atoms with van der Waals surface area (Å²) in [6, 6.07) is 4.05. The molecule has 2 N–H and O–H groups in total. The first-order chi connectivity index (χ1) is 16.2. The Morgan fingerprint density at radius 2 is 1.88 bits per heavy atom. The van der Waals surface area contributed by atoms with Crippen molar-refractivity contribution < 1.29 is 28.7 Å². The van der Waals surface area contributed by atoms with Crippen LogP contribution in [-0.2, 0) is 16.6 Å². The van der Waals surface area contributed by atoms with Gasteiger partial charge in [0.1, 0.15) is 5.76 Å². The Morgan fingerprint density at radius 3 is 2.50 bits per heavy atom. The van der Waals surface area contributed by atoms with E-state index in [-0.39, 0.29) is 42.5 Å². The number of hydrogen-bond donors (Lipinski definition) is 2. The molecule has 1 aliphatic heterocycles. The van der Waals surface area contributed by atoms with E-state index in [0.29, 0.717) is 29.9 Å². The number of nitro groups is 1. The summed E-state index contributed by atoms with van der Waals surface area (Å²) in [6.45, 7) is 1.79. The third-order valence-electron chi connectivity index (χ3n) is 5.97. The maximum Gasteiger partial charge on any atom is 0.276 e. The molecule has 34 heavy (non-hydrogen) atoms. The molecule has 2 heterocycles. The van der Waals surface area contributed by atoms with Crippen LogP contribution in [0.3, 0.4) is 0 Å². The van der Waals surface area contributed by atoms with E-state index in [0.717, 1.165) is 11.5 Å². The average Bonchev–Trinajstić information content (AvgIpc) is 2.81. The van der Waals surface area contributed by atoms with Crippen LogP contribution in [0.2, 0.25) is 0 Å². The molecule has 0 bridgehead atoms. The summed E-state index contributed by atoms with van der Waals surface area (Å²) in [5.74, 6) is 1.92. The normalized spacial score (nSPS) is 14.9. The zero-order valence-electron chi connectivity index (χ0n) is 19.3. The van der Waals surface area contributed by atoms with Crippen molar-refractivity contribution in [2.24, 2.45) is 0 Å². The van der Waals surface area contributed by atoms with Crippen molar-refractivity contribution in [2.75, 3.05) is 32.3 Å². The van der Waals surface area contributed by atoms with Crippen molar-refractivity contribution in [3.63, 3.8) is 0 Å². The summed E-state index contributed by atoms with van der Waals surface area (Å²) < 4.78 is 16.1. The molecule has 0 unspecified atom stereocenters. The van der Waals surface area contributed by atoms with E-state index in [1.165, 1.54) is 32.4 Å². The Kier molecular flexibility index (Phi) is 8.08. The molecule has 1 aromatic carbocycles. The van der Waals surface area contributed by atoms with Crippen LogP contribution in [0.4, 0.5) is 5.69 Å². The smallest absolute Gasteiger partial charge is 0.276 e. The van der Waals surface area contributed by atoms with Gasteiger partial charge in [-0.2, -0.15) is 11.8 Å². The molecule has 0 radical (unpaired) electrons. The lowest BCUT2D eigenvalue weighted by molar-refractivity contribution is -0.385. The first-order valence-electron chi connectivity index (χ1n) is 10.8. The minimum absolute atomic E-state index is 0.0293. The molecule has 0 saturated carbocycles. The second-order valence-electron chi connectivity index (χ2n) is 8.16. The number of hydrogen-bond acceptors (Lipinski definition) is 9. The van der Waals surface area contributed by atoms with Gasteiger partial charge in [0.2, 0.25) is 17.1 Å². The number of thioether (sulfide) groups is 1. The number of aryl methyl sites for hydroxylation is 1. The van der Waals surface area contributed by atoms with Gasteiger partial charge < -0.3 is 24.3 Å². The molecule has 0 atom stereocenters. The van der Waals surface area contributed by atoms with Crippen LogP contribution in [0.1, 0.15) is 36.3 Å². The Labute approximate surface area is 200 Å². The number of amides is 1. The zero-order chi connectivity index (χ0) is 24.9. The van der Waals surface area contributed by atoms with Crippen LogP contribution >= 0.6 is 11.8 Å². The fourth-order valence-corrected chi connectivity index (χ4v) is 5.47. The van der Waals surface area contributed by atoms with Crippen molar-refractivity contribution >= 4 is 23.4 Å². The molecule has 184 valence electrons. The summed E-state index contributed by atoms with van der Waals surface area (Å²) >= 11 is 1.74. The van der Waals surface area contributed by atoms with Crippen molar-refractivity contribution in [2.45, 2.75) is 38.0 Å². The van der Waals surface area contributed by atoms with Gasteiger partial charge in [0.05, 0.1) is 25.2 Å². The highest BCUT2D eigenvalue weighted by molar-refractivity contribution is 7.99. The van der Waals surface area contributed by atoms with Crippen LogP contribution < -0.4 is 20.2 Å². The first-order valence-corrected chi connectivity index (χ1v) is 11.9. The third-order valence-corrected chi connectivity index (χ3v) is 6.96. The molecule has 1 fully saturated rings. The number of ether oxygens (including phenoxy) is 2. The predicted molar refractivity (Wildman–Crippen MR) is 127 cm³/mol. The van der Waals surface area contributed by atoms with E-state index >= 15 is 0 Å². The molecule has 1 saturated heterocycles. The number of aromatic hydroxyl groups is 1. The second-order valence-corrected chi connectivity index (χ2v) is 9.39. The topological polar surface area (TPSA) is 141 Å². The maximum atomic E-state index is 12.9. The Morgan fingerprint density at radius 1 is 1.24 bits per heavy atom. The number of carbonyl (C=O) groups is 1. The summed E-state index contributed by atoms with van der Waals surface area (Å²) in [4.78, 5) is 36.1. The highest BCUT2D eigenvalue weighted by atomic mass is 32.2. The van der Waals surface area contributed by atoms with E-state index in [9.17, 15) is 24.8 Å². The van der Waals surface area contributed by atoms with E-state index in [1.54, 1.807) is 18.7 Å². The van der Waals surface area contributed by atoms with Crippen LogP contribution in [0.25, 0.3) is 0 Å². The summed E-state index contributed by atoms with van der Waals surface area (Å²) in [5.41, 5.74) is -1.05. The highest BCUT2D eigenvalue weighted by Crippen LogP contribution is 2.44. The molecule has 3 rings (SSSR count). The lowest BCUT2D eigenvalue weighted by atomic mass is 9.75. The lowest BCUT2D eigenvalue weighted by Crippen LogP contribution is -2.39. The Balaban J connectivity index is 1.76. The van der Waals surface area contributed by atoms with Gasteiger partial charge in [-0.05, 0) is 43.8 Å². The van der Waals surface area contributed by atoms with E-state index < -0.39 is 21.5 Å².